The van der Waals surface area contributed by atoms with Crippen LogP contribution in [0.3, 0.4) is 0 Å². The van der Waals surface area contributed by atoms with Gasteiger partial charge in [0.1, 0.15) is 5.00 Å². The molecule has 1 aromatic heterocycles. The van der Waals surface area contributed by atoms with Gasteiger partial charge in [-0.05, 0) is 24.3 Å². The van der Waals surface area contributed by atoms with Gasteiger partial charge in [-0.15, -0.1) is 11.3 Å². The van der Waals surface area contributed by atoms with E-state index in [1.165, 1.54) is 23.6 Å². The van der Waals surface area contributed by atoms with Crippen molar-refractivity contribution in [2.45, 2.75) is 0 Å². The van der Waals surface area contributed by atoms with E-state index in [0.29, 0.717) is 10.6 Å². The Hall–Kier alpha value is -2.70. The highest BCUT2D eigenvalue weighted by Gasteiger charge is 2.28. The van der Waals surface area contributed by atoms with Gasteiger partial charge in [-0.1, -0.05) is 35.9 Å². The Balaban J connectivity index is 2.08. The molecule has 0 atom stereocenters. The molecule has 0 aliphatic heterocycles. The van der Waals surface area contributed by atoms with Crippen LogP contribution in [-0.4, -0.2) is 16.8 Å². The van der Waals surface area contributed by atoms with Crippen molar-refractivity contribution >= 4 is 45.4 Å². The molecule has 0 radical (unpaired) electrons. The standard InChI is InChI=1S/C17H12ClN3O2S/c18-13-8-4-7-12(15(13)19)17(23)21(14-9-20-10-24-14)16(22)11-5-2-1-3-6-11/h1-10H,19H2. The maximum absolute atomic E-state index is 13.0. The molecule has 24 heavy (non-hydrogen) atoms. The molecule has 1 heterocycles. The summed E-state index contributed by atoms with van der Waals surface area (Å²) >= 11 is 7.18. The molecule has 120 valence electrons. The van der Waals surface area contributed by atoms with E-state index in [9.17, 15) is 9.59 Å². The Morgan fingerprint density at radius 1 is 1.04 bits per heavy atom. The molecule has 0 bridgehead atoms. The molecule has 0 fully saturated rings. The number of amides is 2. The number of hydrogen-bond acceptors (Lipinski definition) is 5. The first-order chi connectivity index (χ1) is 11.6. The molecule has 0 aliphatic carbocycles. The van der Waals surface area contributed by atoms with Crippen molar-refractivity contribution in [1.82, 2.24) is 4.98 Å². The molecule has 0 spiro atoms. The number of nitrogen functional groups attached to an aromatic ring is 1. The number of benzene rings is 2. The number of thiazole rings is 1. The van der Waals surface area contributed by atoms with Gasteiger partial charge in [-0.2, -0.15) is 0 Å². The van der Waals surface area contributed by atoms with Gasteiger partial charge in [-0.3, -0.25) is 14.6 Å². The highest BCUT2D eigenvalue weighted by Crippen LogP contribution is 2.28. The minimum absolute atomic E-state index is 0.138. The number of halogens is 1. The summed E-state index contributed by atoms with van der Waals surface area (Å²) in [5, 5.41) is 0.672. The fourth-order valence-electron chi connectivity index (χ4n) is 2.17. The second kappa shape index (κ2) is 6.82. The lowest BCUT2D eigenvalue weighted by molar-refractivity contribution is 0.0899. The van der Waals surface area contributed by atoms with Gasteiger partial charge < -0.3 is 5.73 Å². The monoisotopic (exact) mass is 357 g/mol. The second-order valence-electron chi connectivity index (χ2n) is 4.85. The molecule has 3 rings (SSSR count). The third-order valence-electron chi connectivity index (χ3n) is 3.35. The van der Waals surface area contributed by atoms with Gasteiger partial charge in [0.15, 0.2) is 0 Å². The lowest BCUT2D eigenvalue weighted by atomic mass is 10.1. The molecular formula is C17H12ClN3O2S. The minimum Gasteiger partial charge on any atom is -0.397 e. The van der Waals surface area contributed by atoms with Crippen LogP contribution < -0.4 is 10.6 Å². The Morgan fingerprint density at radius 2 is 1.79 bits per heavy atom. The van der Waals surface area contributed by atoms with Crippen LogP contribution in [0.2, 0.25) is 5.02 Å². The van der Waals surface area contributed by atoms with Gasteiger partial charge in [0.25, 0.3) is 11.8 Å². The maximum atomic E-state index is 13.0. The van der Waals surface area contributed by atoms with Gasteiger partial charge in [-0.25, -0.2) is 4.90 Å². The minimum atomic E-state index is -0.548. The van der Waals surface area contributed by atoms with E-state index in [0.717, 1.165) is 4.90 Å². The lowest BCUT2D eigenvalue weighted by Crippen LogP contribution is -2.37. The molecular weight excluding hydrogens is 346 g/mol. The lowest BCUT2D eigenvalue weighted by Gasteiger charge is -2.20. The predicted octanol–water partition coefficient (Wildman–Crippen LogP) is 3.87. The van der Waals surface area contributed by atoms with Crippen molar-refractivity contribution in [2.75, 3.05) is 10.6 Å². The summed E-state index contributed by atoms with van der Waals surface area (Å²) in [4.78, 5) is 30.9. The molecule has 0 unspecified atom stereocenters. The summed E-state index contributed by atoms with van der Waals surface area (Å²) in [6.07, 6.45) is 1.46. The highest BCUT2D eigenvalue weighted by atomic mass is 35.5. The van der Waals surface area contributed by atoms with E-state index in [-0.39, 0.29) is 16.3 Å². The van der Waals surface area contributed by atoms with Crippen molar-refractivity contribution in [3.8, 4) is 0 Å². The molecule has 2 N–H and O–H groups in total. The van der Waals surface area contributed by atoms with Crippen molar-refractivity contribution in [3.05, 3.63) is 76.4 Å². The molecule has 3 aromatic rings. The molecule has 5 nitrogen and oxygen atoms in total. The van der Waals surface area contributed by atoms with E-state index in [2.05, 4.69) is 4.98 Å². The summed E-state index contributed by atoms with van der Waals surface area (Å²) in [7, 11) is 0. The van der Waals surface area contributed by atoms with Crippen molar-refractivity contribution in [2.24, 2.45) is 0 Å². The summed E-state index contributed by atoms with van der Waals surface area (Å²) in [5.74, 6) is -1.00. The number of nitrogens with zero attached hydrogens (tertiary/aromatic N) is 2. The number of anilines is 2. The van der Waals surface area contributed by atoms with Crippen molar-refractivity contribution in [3.63, 3.8) is 0 Å². The smallest absolute Gasteiger partial charge is 0.268 e. The van der Waals surface area contributed by atoms with E-state index in [1.54, 1.807) is 48.0 Å². The summed E-state index contributed by atoms with van der Waals surface area (Å²) < 4.78 is 0. The maximum Gasteiger partial charge on any atom is 0.268 e. The van der Waals surface area contributed by atoms with Gasteiger partial charge in [0.05, 0.1) is 28.0 Å². The molecule has 0 saturated heterocycles. The highest BCUT2D eigenvalue weighted by molar-refractivity contribution is 7.14. The summed E-state index contributed by atoms with van der Waals surface area (Å²) in [5.41, 5.74) is 8.16. The number of hydrogen-bond donors (Lipinski definition) is 1. The van der Waals surface area contributed by atoms with Crippen LogP contribution in [0.5, 0.6) is 0 Å². The van der Waals surface area contributed by atoms with Crippen LogP contribution >= 0.6 is 22.9 Å². The average molecular weight is 358 g/mol. The van der Waals surface area contributed by atoms with Crippen LogP contribution in [0.4, 0.5) is 10.7 Å². The average Bonchev–Trinajstić information content (AvgIpc) is 3.12. The number of aromatic nitrogens is 1. The van der Waals surface area contributed by atoms with Crippen LogP contribution in [0.25, 0.3) is 0 Å². The van der Waals surface area contributed by atoms with E-state index >= 15 is 0 Å². The molecule has 7 heteroatoms. The van der Waals surface area contributed by atoms with Crippen molar-refractivity contribution < 1.29 is 9.59 Å². The number of rotatable bonds is 3. The van der Waals surface area contributed by atoms with Crippen LogP contribution in [0.15, 0.2) is 60.2 Å². The fraction of sp³-hybridized carbons (Fsp3) is 0. The normalized spacial score (nSPS) is 10.4. The number of para-hydroxylation sites is 1. The van der Waals surface area contributed by atoms with Crippen LogP contribution in [0.1, 0.15) is 20.7 Å². The first kappa shape index (κ1) is 16.2. The zero-order valence-electron chi connectivity index (χ0n) is 12.3. The number of carbonyl (C=O) groups excluding carboxylic acids is 2. The van der Waals surface area contributed by atoms with E-state index in [4.69, 9.17) is 17.3 Å². The first-order valence-corrected chi connectivity index (χ1v) is 8.21. The Kier molecular flexibility index (Phi) is 4.59. The first-order valence-electron chi connectivity index (χ1n) is 6.96. The Morgan fingerprint density at radius 3 is 2.46 bits per heavy atom. The third-order valence-corrected chi connectivity index (χ3v) is 4.44. The summed E-state index contributed by atoms with van der Waals surface area (Å²) in [6.45, 7) is 0. The van der Waals surface area contributed by atoms with Crippen molar-refractivity contribution in [1.29, 1.82) is 0 Å². The molecule has 0 aliphatic rings. The zero-order valence-corrected chi connectivity index (χ0v) is 13.9. The number of carbonyl (C=O) groups is 2. The predicted molar refractivity (Wildman–Crippen MR) is 95.6 cm³/mol. The van der Waals surface area contributed by atoms with Gasteiger partial charge in [0.2, 0.25) is 0 Å². The summed E-state index contributed by atoms with van der Waals surface area (Å²) in [6, 6.07) is 13.3. The molecule has 2 amide bonds. The number of nitrogens with two attached hydrogens (primary N) is 1. The number of imide groups is 1. The molecule has 2 aromatic carbocycles. The SMILES string of the molecule is Nc1c(Cl)cccc1C(=O)N(C(=O)c1ccccc1)c1cncs1. The second-order valence-corrected chi connectivity index (χ2v) is 6.12. The Labute approximate surface area is 147 Å². The Bertz CT molecular complexity index is 882. The van der Waals surface area contributed by atoms with Crippen LogP contribution in [-0.2, 0) is 0 Å². The fourth-order valence-corrected chi connectivity index (χ4v) is 2.96. The topological polar surface area (TPSA) is 76.3 Å². The van der Waals surface area contributed by atoms with Gasteiger partial charge in [0, 0.05) is 5.56 Å². The third kappa shape index (κ3) is 3.02. The van der Waals surface area contributed by atoms with E-state index < -0.39 is 11.8 Å². The molecule has 0 saturated carbocycles. The largest absolute Gasteiger partial charge is 0.397 e. The van der Waals surface area contributed by atoms with Crippen LogP contribution in [0, 0.1) is 0 Å². The zero-order chi connectivity index (χ0) is 17.1. The quantitative estimate of drug-likeness (QED) is 0.570. The van der Waals surface area contributed by atoms with E-state index in [1.807, 2.05) is 0 Å². The van der Waals surface area contributed by atoms with Gasteiger partial charge >= 0.3 is 0 Å².